The first-order chi connectivity index (χ1) is 9.45. The van der Waals surface area contributed by atoms with E-state index in [9.17, 15) is 15.4 Å². The molecule has 0 saturated heterocycles. The Hall–Kier alpha value is -2.13. The lowest BCUT2D eigenvalue weighted by atomic mass is 10.1. The lowest BCUT2D eigenvalue weighted by molar-refractivity contribution is -0.386. The van der Waals surface area contributed by atoms with Crippen LogP contribution in [0.15, 0.2) is 18.2 Å². The van der Waals surface area contributed by atoms with Crippen molar-refractivity contribution in [1.82, 2.24) is 5.32 Å². The minimum absolute atomic E-state index is 0.0424. The number of ether oxygens (including phenoxy) is 1. The molecule has 1 aliphatic carbocycles. The Balaban J connectivity index is 2.12. The van der Waals surface area contributed by atoms with Gasteiger partial charge in [0.25, 0.3) is 0 Å². The Labute approximate surface area is 117 Å². The van der Waals surface area contributed by atoms with E-state index < -0.39 is 10.5 Å². The molecule has 1 fully saturated rings. The van der Waals surface area contributed by atoms with E-state index in [-0.39, 0.29) is 18.0 Å². The van der Waals surface area contributed by atoms with Crippen LogP contribution in [0.1, 0.15) is 25.3 Å². The summed E-state index contributed by atoms with van der Waals surface area (Å²) in [5, 5.41) is 23.5. The molecule has 20 heavy (non-hydrogen) atoms. The van der Waals surface area contributed by atoms with Gasteiger partial charge >= 0.3 is 5.69 Å². The van der Waals surface area contributed by atoms with E-state index in [4.69, 9.17) is 4.74 Å². The molecule has 1 aliphatic rings. The molecule has 2 rings (SSSR count). The highest BCUT2D eigenvalue weighted by atomic mass is 16.6. The summed E-state index contributed by atoms with van der Waals surface area (Å²) in [6.07, 6.45) is 2.11. The van der Waals surface area contributed by atoms with Crippen molar-refractivity contribution >= 4 is 5.69 Å². The van der Waals surface area contributed by atoms with Gasteiger partial charge in [-0.1, -0.05) is 12.1 Å². The predicted molar refractivity (Wildman–Crippen MR) is 73.5 cm³/mol. The molecule has 1 N–H and O–H groups in total. The number of nitrogens with one attached hydrogen (secondary N) is 1. The molecule has 6 nitrogen and oxygen atoms in total. The molecule has 0 aromatic heterocycles. The summed E-state index contributed by atoms with van der Waals surface area (Å²) in [5.74, 6) is 0.203. The third-order valence-electron chi connectivity index (χ3n) is 3.25. The zero-order chi connectivity index (χ0) is 14.8. The molecule has 1 aromatic carbocycles. The third-order valence-corrected chi connectivity index (χ3v) is 3.25. The van der Waals surface area contributed by atoms with Crippen LogP contribution in [0.25, 0.3) is 0 Å². The quantitative estimate of drug-likeness (QED) is 0.635. The minimum atomic E-state index is -0.835. The van der Waals surface area contributed by atoms with Crippen LogP contribution >= 0.6 is 0 Å². The van der Waals surface area contributed by atoms with Crippen molar-refractivity contribution in [2.45, 2.75) is 38.3 Å². The number of aryl methyl sites for hydroxylation is 1. The maximum atomic E-state index is 11.1. The fraction of sp³-hybridized carbons (Fsp3) is 0.500. The van der Waals surface area contributed by atoms with E-state index in [0.717, 1.165) is 12.8 Å². The SMILES string of the molecule is Cc1cccc(OCC(C)(C#N)NC2CC2)c1[N+](=O)[O-]. The summed E-state index contributed by atoms with van der Waals surface area (Å²) >= 11 is 0. The van der Waals surface area contributed by atoms with Gasteiger partial charge in [-0.25, -0.2) is 0 Å². The lowest BCUT2D eigenvalue weighted by Crippen LogP contribution is -2.47. The zero-order valence-electron chi connectivity index (χ0n) is 11.5. The number of nitro benzene ring substituents is 1. The first kappa shape index (κ1) is 14.3. The number of nitriles is 1. The highest BCUT2D eigenvalue weighted by molar-refractivity contribution is 5.52. The average molecular weight is 275 g/mol. The van der Waals surface area contributed by atoms with Gasteiger partial charge < -0.3 is 4.74 Å². The van der Waals surface area contributed by atoms with Gasteiger partial charge in [-0.3, -0.25) is 15.4 Å². The first-order valence-electron chi connectivity index (χ1n) is 6.51. The van der Waals surface area contributed by atoms with E-state index in [2.05, 4.69) is 11.4 Å². The summed E-state index contributed by atoms with van der Waals surface area (Å²) in [7, 11) is 0. The van der Waals surface area contributed by atoms with Crippen LogP contribution < -0.4 is 10.1 Å². The van der Waals surface area contributed by atoms with E-state index >= 15 is 0 Å². The topological polar surface area (TPSA) is 88.2 Å². The van der Waals surface area contributed by atoms with Gasteiger partial charge in [0.15, 0.2) is 5.75 Å². The Morgan fingerprint density at radius 3 is 2.85 bits per heavy atom. The summed E-state index contributed by atoms with van der Waals surface area (Å²) in [6, 6.07) is 7.46. The number of nitro groups is 1. The molecule has 0 amide bonds. The molecule has 0 bridgehead atoms. The van der Waals surface area contributed by atoms with Crippen LogP contribution in [-0.2, 0) is 0 Å². The summed E-state index contributed by atoms with van der Waals surface area (Å²) in [5.41, 5.74) is -0.334. The van der Waals surface area contributed by atoms with Crippen molar-refractivity contribution in [3.8, 4) is 11.8 Å². The van der Waals surface area contributed by atoms with Crippen LogP contribution in [0, 0.1) is 28.4 Å². The molecule has 0 heterocycles. The molecular formula is C14H17N3O3. The number of hydrogen-bond donors (Lipinski definition) is 1. The molecule has 1 aromatic rings. The van der Waals surface area contributed by atoms with Crippen molar-refractivity contribution in [1.29, 1.82) is 5.26 Å². The van der Waals surface area contributed by atoms with Gasteiger partial charge in [0.2, 0.25) is 0 Å². The monoisotopic (exact) mass is 275 g/mol. The predicted octanol–water partition coefficient (Wildman–Crippen LogP) is 2.32. The highest BCUT2D eigenvalue weighted by Gasteiger charge is 2.34. The fourth-order valence-corrected chi connectivity index (χ4v) is 1.99. The van der Waals surface area contributed by atoms with Crippen molar-refractivity contribution in [2.75, 3.05) is 6.61 Å². The van der Waals surface area contributed by atoms with Crippen LogP contribution in [0.5, 0.6) is 5.75 Å². The molecular weight excluding hydrogens is 258 g/mol. The molecule has 1 atom stereocenters. The Kier molecular flexibility index (Phi) is 3.91. The number of para-hydroxylation sites is 1. The van der Waals surface area contributed by atoms with Gasteiger partial charge in [-0.2, -0.15) is 5.26 Å². The van der Waals surface area contributed by atoms with E-state index in [1.165, 1.54) is 0 Å². The summed E-state index contributed by atoms with van der Waals surface area (Å²) in [6.45, 7) is 3.48. The second kappa shape index (κ2) is 5.47. The molecule has 0 aliphatic heterocycles. The number of hydrogen-bond acceptors (Lipinski definition) is 5. The van der Waals surface area contributed by atoms with Crippen LogP contribution in [0.2, 0.25) is 0 Å². The number of nitrogens with zero attached hydrogens (tertiary/aromatic N) is 2. The van der Waals surface area contributed by atoms with Gasteiger partial charge in [-0.05, 0) is 32.8 Å². The van der Waals surface area contributed by atoms with E-state index in [1.54, 1.807) is 32.0 Å². The normalized spacial score (nSPS) is 17.1. The molecule has 1 unspecified atom stereocenters. The van der Waals surface area contributed by atoms with E-state index in [1.807, 2.05) is 0 Å². The zero-order valence-corrected chi connectivity index (χ0v) is 11.5. The second-order valence-electron chi connectivity index (χ2n) is 5.33. The Morgan fingerprint density at radius 2 is 2.30 bits per heavy atom. The van der Waals surface area contributed by atoms with Crippen LogP contribution in [0.3, 0.4) is 0 Å². The van der Waals surface area contributed by atoms with Crippen molar-refractivity contribution in [3.05, 3.63) is 33.9 Å². The maximum Gasteiger partial charge on any atom is 0.313 e. The van der Waals surface area contributed by atoms with Gasteiger partial charge in [0.1, 0.15) is 12.1 Å². The average Bonchev–Trinajstić information content (AvgIpc) is 3.19. The minimum Gasteiger partial charge on any atom is -0.484 e. The standard InChI is InChI=1S/C14H17N3O3/c1-10-4-3-5-12(13(10)17(18)19)20-9-14(2,8-15)16-11-6-7-11/h3-5,11,16H,6-7,9H2,1-2H3. The van der Waals surface area contributed by atoms with Crippen LogP contribution in [0.4, 0.5) is 5.69 Å². The highest BCUT2D eigenvalue weighted by Crippen LogP contribution is 2.31. The summed E-state index contributed by atoms with van der Waals surface area (Å²) < 4.78 is 5.54. The smallest absolute Gasteiger partial charge is 0.313 e. The van der Waals surface area contributed by atoms with Gasteiger partial charge in [-0.15, -0.1) is 0 Å². The third kappa shape index (κ3) is 3.25. The largest absolute Gasteiger partial charge is 0.484 e. The molecule has 106 valence electrons. The number of benzene rings is 1. The van der Waals surface area contributed by atoms with Crippen LogP contribution in [-0.4, -0.2) is 23.1 Å². The Morgan fingerprint density at radius 1 is 1.60 bits per heavy atom. The molecule has 0 radical (unpaired) electrons. The molecule has 0 spiro atoms. The molecule has 6 heteroatoms. The maximum absolute atomic E-state index is 11.1. The van der Waals surface area contributed by atoms with Crippen molar-refractivity contribution < 1.29 is 9.66 Å². The first-order valence-corrected chi connectivity index (χ1v) is 6.51. The van der Waals surface area contributed by atoms with E-state index in [0.29, 0.717) is 11.6 Å². The molecule has 1 saturated carbocycles. The second-order valence-corrected chi connectivity index (χ2v) is 5.33. The fourth-order valence-electron chi connectivity index (χ4n) is 1.99. The Bertz CT molecular complexity index is 563. The lowest BCUT2D eigenvalue weighted by Gasteiger charge is -2.23. The van der Waals surface area contributed by atoms with Gasteiger partial charge in [0, 0.05) is 11.6 Å². The van der Waals surface area contributed by atoms with Crippen molar-refractivity contribution in [2.24, 2.45) is 0 Å². The van der Waals surface area contributed by atoms with Gasteiger partial charge in [0.05, 0.1) is 11.0 Å². The number of rotatable bonds is 6. The summed E-state index contributed by atoms with van der Waals surface area (Å²) in [4.78, 5) is 10.6. The van der Waals surface area contributed by atoms with Crippen molar-refractivity contribution in [3.63, 3.8) is 0 Å².